The van der Waals surface area contributed by atoms with Crippen LogP contribution in [0.5, 0.6) is 0 Å². The van der Waals surface area contributed by atoms with Gasteiger partial charge in [-0.2, -0.15) is 12.7 Å². The molecule has 0 saturated carbocycles. The fourth-order valence-electron chi connectivity index (χ4n) is 2.56. The number of piperidine rings is 1. The first-order valence-corrected chi connectivity index (χ1v) is 9.86. The zero-order valence-electron chi connectivity index (χ0n) is 12.4. The van der Waals surface area contributed by atoms with Gasteiger partial charge < -0.3 is 5.32 Å². The summed E-state index contributed by atoms with van der Waals surface area (Å²) in [5.74, 6) is 0. The molecule has 1 aliphatic heterocycles. The average molecular weight is 332 g/mol. The topological polar surface area (TPSA) is 74.3 Å². The Morgan fingerprint density at radius 2 is 2.33 bits per heavy atom. The molecule has 0 spiro atoms. The highest BCUT2D eigenvalue weighted by atomic mass is 32.2. The van der Waals surface area contributed by atoms with E-state index in [2.05, 4.69) is 15.0 Å². The molecular formula is C13H24N4O2S2. The van der Waals surface area contributed by atoms with Crippen LogP contribution in [-0.4, -0.2) is 49.9 Å². The third-order valence-corrected chi connectivity index (χ3v) is 5.96. The minimum absolute atomic E-state index is 0.0653. The van der Waals surface area contributed by atoms with Crippen molar-refractivity contribution in [3.63, 3.8) is 0 Å². The smallest absolute Gasteiger partial charge is 0.279 e. The minimum atomic E-state index is -3.40. The largest absolute Gasteiger partial charge is 0.315 e. The number of hydrogen-bond donors (Lipinski definition) is 2. The second kappa shape index (κ2) is 8.19. The Bertz CT molecular complexity index is 504. The zero-order chi connectivity index (χ0) is 15.1. The Morgan fingerprint density at radius 3 is 3.05 bits per heavy atom. The van der Waals surface area contributed by atoms with Gasteiger partial charge in [-0.1, -0.05) is 13.3 Å². The molecule has 21 heavy (non-hydrogen) atoms. The van der Waals surface area contributed by atoms with Crippen LogP contribution in [0.1, 0.15) is 31.9 Å². The standard InChI is InChI=1S/C13H24N4O2S2/c1-2-14-9-13-5-3-4-8-17(13)21(18,19)16-7-6-12-10-20-11-15-12/h10-11,13-14,16H,2-9H2,1H3. The first kappa shape index (κ1) is 16.8. The molecule has 1 saturated heterocycles. The molecule has 1 atom stereocenters. The summed E-state index contributed by atoms with van der Waals surface area (Å²) < 4.78 is 29.2. The molecule has 1 unspecified atom stereocenters. The summed E-state index contributed by atoms with van der Waals surface area (Å²) in [6.07, 6.45) is 3.60. The molecule has 1 aromatic rings. The van der Waals surface area contributed by atoms with E-state index in [9.17, 15) is 8.42 Å². The monoisotopic (exact) mass is 332 g/mol. The molecule has 2 N–H and O–H groups in total. The lowest BCUT2D eigenvalue weighted by atomic mass is 10.1. The predicted octanol–water partition coefficient (Wildman–Crippen LogP) is 0.984. The number of likely N-dealkylation sites (N-methyl/N-ethyl adjacent to an activating group) is 1. The van der Waals surface area contributed by atoms with Crippen LogP contribution in [0.4, 0.5) is 0 Å². The SMILES string of the molecule is CCNCC1CCCCN1S(=O)(=O)NCCc1cscn1. The Morgan fingerprint density at radius 1 is 1.48 bits per heavy atom. The Labute approximate surface area is 131 Å². The number of nitrogens with one attached hydrogen (secondary N) is 2. The summed E-state index contributed by atoms with van der Waals surface area (Å²) in [7, 11) is -3.40. The van der Waals surface area contributed by atoms with Gasteiger partial charge in [-0.25, -0.2) is 9.71 Å². The Hall–Kier alpha value is -0.540. The molecule has 1 aliphatic rings. The first-order valence-electron chi connectivity index (χ1n) is 7.47. The van der Waals surface area contributed by atoms with E-state index in [4.69, 9.17) is 0 Å². The Balaban J connectivity index is 1.89. The highest BCUT2D eigenvalue weighted by molar-refractivity contribution is 7.87. The second-order valence-corrected chi connectivity index (χ2v) is 7.62. The lowest BCUT2D eigenvalue weighted by Gasteiger charge is -2.34. The average Bonchev–Trinajstić information content (AvgIpc) is 2.98. The van der Waals surface area contributed by atoms with Crippen LogP contribution >= 0.6 is 11.3 Å². The van der Waals surface area contributed by atoms with E-state index in [1.54, 1.807) is 9.82 Å². The van der Waals surface area contributed by atoms with Gasteiger partial charge in [-0.05, 0) is 19.4 Å². The number of rotatable bonds is 8. The molecule has 1 aromatic heterocycles. The van der Waals surface area contributed by atoms with Gasteiger partial charge in [0.25, 0.3) is 10.2 Å². The number of thiazole rings is 1. The van der Waals surface area contributed by atoms with Crippen LogP contribution in [-0.2, 0) is 16.6 Å². The quantitative estimate of drug-likeness (QED) is 0.744. The number of aromatic nitrogens is 1. The van der Waals surface area contributed by atoms with Crippen LogP contribution in [0.15, 0.2) is 10.9 Å². The summed E-state index contributed by atoms with van der Waals surface area (Å²) in [5, 5.41) is 5.20. The van der Waals surface area contributed by atoms with Crippen molar-refractivity contribution in [2.24, 2.45) is 0 Å². The minimum Gasteiger partial charge on any atom is -0.315 e. The summed E-state index contributed by atoms with van der Waals surface area (Å²) >= 11 is 1.53. The van der Waals surface area contributed by atoms with Gasteiger partial charge in [0, 0.05) is 37.5 Å². The van der Waals surface area contributed by atoms with E-state index in [0.717, 1.165) is 38.0 Å². The van der Waals surface area contributed by atoms with Crippen LogP contribution in [0.2, 0.25) is 0 Å². The summed E-state index contributed by atoms with van der Waals surface area (Å²) in [5.41, 5.74) is 2.70. The molecule has 0 aromatic carbocycles. The van der Waals surface area contributed by atoms with Crippen molar-refractivity contribution in [2.45, 2.75) is 38.6 Å². The van der Waals surface area contributed by atoms with Crippen molar-refractivity contribution in [1.29, 1.82) is 0 Å². The molecule has 6 nitrogen and oxygen atoms in total. The fraction of sp³-hybridized carbons (Fsp3) is 0.769. The lowest BCUT2D eigenvalue weighted by Crippen LogP contribution is -2.52. The van der Waals surface area contributed by atoms with Crippen molar-refractivity contribution in [1.82, 2.24) is 19.3 Å². The predicted molar refractivity (Wildman–Crippen MR) is 85.6 cm³/mol. The van der Waals surface area contributed by atoms with E-state index in [1.807, 2.05) is 12.3 Å². The number of hydrogen-bond acceptors (Lipinski definition) is 5. The van der Waals surface area contributed by atoms with Gasteiger partial charge in [0.1, 0.15) is 0 Å². The van der Waals surface area contributed by atoms with Crippen molar-refractivity contribution in [3.05, 3.63) is 16.6 Å². The lowest BCUT2D eigenvalue weighted by molar-refractivity contribution is 0.244. The normalized spacial score (nSPS) is 20.7. The van der Waals surface area contributed by atoms with Gasteiger partial charge in [0.05, 0.1) is 11.2 Å². The van der Waals surface area contributed by atoms with Crippen LogP contribution in [0.25, 0.3) is 0 Å². The molecule has 2 rings (SSSR count). The summed E-state index contributed by atoms with van der Waals surface area (Å²) in [4.78, 5) is 4.16. The van der Waals surface area contributed by atoms with Crippen molar-refractivity contribution in [3.8, 4) is 0 Å². The van der Waals surface area contributed by atoms with Gasteiger partial charge in [0.15, 0.2) is 0 Å². The van der Waals surface area contributed by atoms with E-state index in [1.165, 1.54) is 11.3 Å². The summed E-state index contributed by atoms with van der Waals surface area (Å²) in [6, 6.07) is 0.0653. The Kier molecular flexibility index (Phi) is 6.56. The van der Waals surface area contributed by atoms with Gasteiger partial charge >= 0.3 is 0 Å². The van der Waals surface area contributed by atoms with Crippen LogP contribution < -0.4 is 10.0 Å². The third kappa shape index (κ3) is 5.00. The second-order valence-electron chi connectivity index (χ2n) is 5.20. The summed E-state index contributed by atoms with van der Waals surface area (Å²) in [6.45, 7) is 4.64. The molecule has 0 radical (unpaired) electrons. The maximum Gasteiger partial charge on any atom is 0.279 e. The highest BCUT2D eigenvalue weighted by Gasteiger charge is 2.31. The molecule has 0 aliphatic carbocycles. The van der Waals surface area contributed by atoms with Crippen molar-refractivity contribution in [2.75, 3.05) is 26.2 Å². The van der Waals surface area contributed by atoms with Crippen LogP contribution in [0.3, 0.4) is 0 Å². The number of nitrogens with zero attached hydrogens (tertiary/aromatic N) is 2. The molecule has 120 valence electrons. The maximum absolute atomic E-state index is 12.5. The third-order valence-electron chi connectivity index (χ3n) is 3.66. The molecule has 0 amide bonds. The van der Waals surface area contributed by atoms with Crippen molar-refractivity contribution >= 4 is 21.5 Å². The molecular weight excluding hydrogens is 308 g/mol. The van der Waals surface area contributed by atoms with Gasteiger partial charge in [0.2, 0.25) is 0 Å². The van der Waals surface area contributed by atoms with E-state index < -0.39 is 10.2 Å². The van der Waals surface area contributed by atoms with Crippen molar-refractivity contribution < 1.29 is 8.42 Å². The zero-order valence-corrected chi connectivity index (χ0v) is 14.0. The molecule has 2 heterocycles. The van der Waals surface area contributed by atoms with Gasteiger partial charge in [-0.3, -0.25) is 0 Å². The highest BCUT2D eigenvalue weighted by Crippen LogP contribution is 2.19. The van der Waals surface area contributed by atoms with E-state index in [0.29, 0.717) is 19.5 Å². The molecule has 1 fully saturated rings. The molecule has 0 bridgehead atoms. The van der Waals surface area contributed by atoms with Gasteiger partial charge in [-0.15, -0.1) is 11.3 Å². The molecule has 8 heteroatoms. The van der Waals surface area contributed by atoms with Crippen LogP contribution in [0, 0.1) is 0 Å². The van der Waals surface area contributed by atoms with E-state index >= 15 is 0 Å². The van der Waals surface area contributed by atoms with E-state index in [-0.39, 0.29) is 6.04 Å². The maximum atomic E-state index is 12.5. The fourth-order valence-corrected chi connectivity index (χ4v) is 4.62. The first-order chi connectivity index (χ1) is 10.1.